The fourth-order valence-corrected chi connectivity index (χ4v) is 2.36. The zero-order valence-electron chi connectivity index (χ0n) is 12.7. The molecule has 1 aliphatic heterocycles. The number of amides is 1. The van der Waals surface area contributed by atoms with E-state index in [4.69, 9.17) is 4.74 Å². The minimum atomic E-state index is -0.0621. The number of rotatable bonds is 5. The number of halogens is 1. The minimum absolute atomic E-state index is 0. The third-order valence-electron chi connectivity index (χ3n) is 3.71. The summed E-state index contributed by atoms with van der Waals surface area (Å²) in [7, 11) is 0. The Morgan fingerprint density at radius 2 is 2.10 bits per heavy atom. The highest BCUT2D eigenvalue weighted by molar-refractivity contribution is 5.85. The monoisotopic (exact) mass is 312 g/mol. The number of hydrogen-bond acceptors (Lipinski definition) is 3. The van der Waals surface area contributed by atoms with Crippen molar-refractivity contribution in [2.45, 2.75) is 31.7 Å². The van der Waals surface area contributed by atoms with Gasteiger partial charge in [-0.15, -0.1) is 12.4 Å². The van der Waals surface area contributed by atoms with Gasteiger partial charge < -0.3 is 15.4 Å². The fraction of sp³-hybridized carbons (Fsp3) is 0.562. The molecule has 1 unspecified atom stereocenters. The second-order valence-electron chi connectivity index (χ2n) is 5.96. The molecular formula is C16H25ClN2O2. The average Bonchev–Trinajstić information content (AvgIpc) is 2.47. The van der Waals surface area contributed by atoms with Crippen LogP contribution in [0.3, 0.4) is 0 Å². The summed E-state index contributed by atoms with van der Waals surface area (Å²) in [4.78, 5) is 12.0. The van der Waals surface area contributed by atoms with E-state index in [0.717, 1.165) is 13.2 Å². The van der Waals surface area contributed by atoms with E-state index >= 15 is 0 Å². The summed E-state index contributed by atoms with van der Waals surface area (Å²) >= 11 is 0. The highest BCUT2D eigenvalue weighted by Crippen LogP contribution is 2.21. The second-order valence-corrected chi connectivity index (χ2v) is 5.96. The van der Waals surface area contributed by atoms with Crippen LogP contribution in [0.1, 0.15) is 25.8 Å². The maximum Gasteiger partial charge on any atom is 0.221 e. The van der Waals surface area contributed by atoms with Crippen LogP contribution in [0.15, 0.2) is 30.3 Å². The maximum absolute atomic E-state index is 12.0. The van der Waals surface area contributed by atoms with Crippen LogP contribution in [0.5, 0.6) is 0 Å². The molecule has 1 heterocycles. The van der Waals surface area contributed by atoms with E-state index in [1.807, 2.05) is 18.2 Å². The van der Waals surface area contributed by atoms with Crippen molar-refractivity contribution >= 4 is 18.3 Å². The van der Waals surface area contributed by atoms with Crippen LogP contribution in [0, 0.1) is 0 Å². The van der Waals surface area contributed by atoms with Crippen molar-refractivity contribution in [2.24, 2.45) is 0 Å². The van der Waals surface area contributed by atoms with Crippen LogP contribution in [0.4, 0.5) is 0 Å². The molecule has 4 nitrogen and oxygen atoms in total. The summed E-state index contributed by atoms with van der Waals surface area (Å²) in [5, 5.41) is 6.33. The molecule has 2 rings (SSSR count). The first-order chi connectivity index (χ1) is 9.58. The van der Waals surface area contributed by atoms with Crippen molar-refractivity contribution in [3.8, 4) is 0 Å². The lowest BCUT2D eigenvalue weighted by Gasteiger charge is -2.27. The van der Waals surface area contributed by atoms with Gasteiger partial charge in [-0.25, -0.2) is 0 Å². The van der Waals surface area contributed by atoms with Gasteiger partial charge in [-0.05, 0) is 5.56 Å². The third kappa shape index (κ3) is 5.65. The summed E-state index contributed by atoms with van der Waals surface area (Å²) in [6.45, 7) is 7.11. The Morgan fingerprint density at radius 1 is 1.38 bits per heavy atom. The normalized spacial score (nSPS) is 18.7. The molecule has 2 N–H and O–H groups in total. The summed E-state index contributed by atoms with van der Waals surface area (Å²) in [6, 6.07) is 10.4. The van der Waals surface area contributed by atoms with E-state index in [2.05, 4.69) is 36.6 Å². The number of carbonyl (C=O) groups is 1. The Hall–Kier alpha value is -1.10. The molecule has 1 aromatic rings. The van der Waals surface area contributed by atoms with Crippen molar-refractivity contribution in [3.63, 3.8) is 0 Å². The Bertz CT molecular complexity index is 431. The van der Waals surface area contributed by atoms with Crippen molar-refractivity contribution in [2.75, 3.05) is 26.3 Å². The molecule has 0 saturated carbocycles. The highest BCUT2D eigenvalue weighted by Gasteiger charge is 2.22. The van der Waals surface area contributed by atoms with E-state index in [1.54, 1.807) is 0 Å². The first kappa shape index (κ1) is 18.0. The van der Waals surface area contributed by atoms with Gasteiger partial charge in [0.05, 0.1) is 13.2 Å². The van der Waals surface area contributed by atoms with Gasteiger partial charge in [-0.3, -0.25) is 4.79 Å². The highest BCUT2D eigenvalue weighted by atomic mass is 35.5. The molecule has 1 atom stereocenters. The van der Waals surface area contributed by atoms with Crippen LogP contribution < -0.4 is 10.6 Å². The van der Waals surface area contributed by atoms with E-state index < -0.39 is 0 Å². The number of hydrogen-bond donors (Lipinski definition) is 2. The summed E-state index contributed by atoms with van der Waals surface area (Å²) in [5.41, 5.74) is 1.17. The van der Waals surface area contributed by atoms with E-state index in [9.17, 15) is 4.79 Å². The predicted octanol–water partition coefficient (Wildman–Crippen LogP) is 1.88. The zero-order valence-corrected chi connectivity index (χ0v) is 13.5. The van der Waals surface area contributed by atoms with Crippen molar-refractivity contribution < 1.29 is 9.53 Å². The molecule has 1 aliphatic rings. The van der Waals surface area contributed by atoms with Crippen molar-refractivity contribution in [3.05, 3.63) is 35.9 Å². The molecule has 1 aromatic carbocycles. The van der Waals surface area contributed by atoms with Gasteiger partial charge in [-0.1, -0.05) is 44.2 Å². The van der Waals surface area contributed by atoms with Gasteiger partial charge in [0, 0.05) is 31.0 Å². The Balaban J connectivity index is 0.00000220. The number of benzene rings is 1. The molecule has 0 radical (unpaired) electrons. The number of carbonyl (C=O) groups excluding carboxylic acids is 1. The quantitative estimate of drug-likeness (QED) is 0.873. The molecule has 0 aliphatic carbocycles. The molecule has 0 aromatic heterocycles. The van der Waals surface area contributed by atoms with Crippen LogP contribution in [-0.2, 0) is 14.9 Å². The number of morpholine rings is 1. The topological polar surface area (TPSA) is 50.4 Å². The van der Waals surface area contributed by atoms with E-state index in [1.165, 1.54) is 5.56 Å². The smallest absolute Gasteiger partial charge is 0.221 e. The lowest BCUT2D eigenvalue weighted by Crippen LogP contribution is -2.45. The molecule has 0 spiro atoms. The predicted molar refractivity (Wildman–Crippen MR) is 87.0 cm³/mol. The molecule has 1 fully saturated rings. The molecule has 21 heavy (non-hydrogen) atoms. The largest absolute Gasteiger partial charge is 0.378 e. The SMILES string of the molecule is CC(C)(CNC(=O)CC1COCCN1)c1ccccc1.Cl. The summed E-state index contributed by atoms with van der Waals surface area (Å²) in [5.74, 6) is 0.0806. The third-order valence-corrected chi connectivity index (χ3v) is 3.71. The Kier molecular flexibility index (Phi) is 7.15. The molecule has 118 valence electrons. The van der Waals surface area contributed by atoms with Crippen LogP contribution in [0.2, 0.25) is 0 Å². The van der Waals surface area contributed by atoms with Crippen LogP contribution in [0.25, 0.3) is 0 Å². The Labute approximate surface area is 133 Å². The van der Waals surface area contributed by atoms with Gasteiger partial charge in [0.2, 0.25) is 5.91 Å². The fourth-order valence-electron chi connectivity index (χ4n) is 2.36. The minimum Gasteiger partial charge on any atom is -0.378 e. The van der Waals surface area contributed by atoms with Gasteiger partial charge >= 0.3 is 0 Å². The second kappa shape index (κ2) is 8.37. The molecule has 5 heteroatoms. The van der Waals surface area contributed by atoms with Gasteiger partial charge in [-0.2, -0.15) is 0 Å². The Morgan fingerprint density at radius 3 is 2.71 bits per heavy atom. The van der Waals surface area contributed by atoms with E-state index in [-0.39, 0.29) is 29.8 Å². The van der Waals surface area contributed by atoms with Gasteiger partial charge in [0.1, 0.15) is 0 Å². The van der Waals surface area contributed by atoms with Crippen molar-refractivity contribution in [1.29, 1.82) is 0 Å². The summed E-state index contributed by atoms with van der Waals surface area (Å²) < 4.78 is 5.36. The number of ether oxygens (including phenoxy) is 1. The van der Waals surface area contributed by atoms with Gasteiger partial charge in [0.25, 0.3) is 0 Å². The standard InChI is InChI=1S/C16H24N2O2.ClH/c1-16(2,13-6-4-3-5-7-13)12-18-15(19)10-14-11-20-9-8-17-14;/h3-7,14,17H,8-12H2,1-2H3,(H,18,19);1H. The molecule has 1 saturated heterocycles. The van der Waals surface area contributed by atoms with Gasteiger partial charge in [0.15, 0.2) is 0 Å². The van der Waals surface area contributed by atoms with Crippen LogP contribution in [-0.4, -0.2) is 38.3 Å². The first-order valence-corrected chi connectivity index (χ1v) is 7.21. The molecule has 0 bridgehead atoms. The van der Waals surface area contributed by atoms with Crippen molar-refractivity contribution in [1.82, 2.24) is 10.6 Å². The number of nitrogens with one attached hydrogen (secondary N) is 2. The summed E-state index contributed by atoms with van der Waals surface area (Å²) in [6.07, 6.45) is 0.477. The van der Waals surface area contributed by atoms with Crippen LogP contribution >= 0.6 is 12.4 Å². The molecule has 1 amide bonds. The zero-order chi connectivity index (χ0) is 14.4. The lowest BCUT2D eigenvalue weighted by molar-refractivity contribution is -0.122. The molecular weight excluding hydrogens is 288 g/mol. The lowest BCUT2D eigenvalue weighted by atomic mass is 9.84. The first-order valence-electron chi connectivity index (χ1n) is 7.21. The average molecular weight is 313 g/mol. The van der Waals surface area contributed by atoms with E-state index in [0.29, 0.717) is 19.6 Å². The maximum atomic E-state index is 12.0.